The van der Waals surface area contributed by atoms with Crippen LogP contribution < -0.4 is 0 Å². The van der Waals surface area contributed by atoms with Gasteiger partial charge in [-0.05, 0) is 36.8 Å². The van der Waals surface area contributed by atoms with Crippen molar-refractivity contribution in [2.75, 3.05) is 7.11 Å². The highest BCUT2D eigenvalue weighted by atomic mass is 16.5. The number of hydrogen-bond acceptors (Lipinski definition) is 7. The minimum atomic E-state index is -1.61. The number of carbonyl (C=O) groups excluding carboxylic acids is 2. The van der Waals surface area contributed by atoms with Crippen LogP contribution in [-0.4, -0.2) is 57.4 Å². The molecular formula is C21H24O7. The summed E-state index contributed by atoms with van der Waals surface area (Å²) < 4.78 is 5.26. The van der Waals surface area contributed by atoms with E-state index in [0.717, 1.165) is 0 Å². The summed E-state index contributed by atoms with van der Waals surface area (Å²) >= 11 is 0. The number of methoxy groups -OCH3 is 1. The number of aliphatic hydroxyl groups is 2. The van der Waals surface area contributed by atoms with E-state index in [1.54, 1.807) is 25.1 Å². The van der Waals surface area contributed by atoms with Crippen LogP contribution in [0.15, 0.2) is 18.2 Å². The molecule has 28 heavy (non-hydrogen) atoms. The fraction of sp³-hybridized carbons (Fsp3) is 0.429. The number of hydrogen-bond donors (Lipinski definition) is 4. The van der Waals surface area contributed by atoms with Crippen molar-refractivity contribution in [3.63, 3.8) is 0 Å². The van der Waals surface area contributed by atoms with E-state index in [0.29, 0.717) is 16.5 Å². The van der Waals surface area contributed by atoms with E-state index in [1.165, 1.54) is 14.0 Å². The molecule has 0 radical (unpaired) electrons. The minimum absolute atomic E-state index is 0.0601. The van der Waals surface area contributed by atoms with Gasteiger partial charge in [-0.2, -0.15) is 0 Å². The Bertz CT molecular complexity index is 948. The summed E-state index contributed by atoms with van der Waals surface area (Å²) in [5.41, 5.74) is 1.28. The average molecular weight is 388 g/mol. The number of phenols is 2. The predicted octanol–water partition coefficient (Wildman–Crippen LogP) is 1.63. The van der Waals surface area contributed by atoms with Crippen molar-refractivity contribution >= 4 is 22.3 Å². The van der Waals surface area contributed by atoms with Gasteiger partial charge in [0.1, 0.15) is 23.7 Å². The maximum atomic E-state index is 12.8. The topological polar surface area (TPSA) is 124 Å². The first-order valence-corrected chi connectivity index (χ1v) is 9.10. The maximum absolute atomic E-state index is 12.8. The SMILES string of the molecule is CO[C@H](C(=O)[C@@H](O)[C@H](C)O)[C@H]1CC(=O)c2c(cc3ccc(C)c(O)c3c2O)C1. The molecule has 0 aromatic heterocycles. The minimum Gasteiger partial charge on any atom is -0.507 e. The number of phenolic OH excluding ortho intramolecular Hbond substituents is 2. The Labute approximate surface area is 162 Å². The lowest BCUT2D eigenvalue weighted by Gasteiger charge is -2.31. The van der Waals surface area contributed by atoms with Crippen LogP contribution in [0.4, 0.5) is 0 Å². The number of ketones is 2. The smallest absolute Gasteiger partial charge is 0.192 e. The van der Waals surface area contributed by atoms with E-state index in [4.69, 9.17) is 4.74 Å². The molecule has 4 N–H and O–H groups in total. The Morgan fingerprint density at radius 3 is 2.46 bits per heavy atom. The van der Waals surface area contributed by atoms with Crippen molar-refractivity contribution in [3.8, 4) is 11.5 Å². The van der Waals surface area contributed by atoms with Crippen molar-refractivity contribution in [1.82, 2.24) is 0 Å². The highest BCUT2D eigenvalue weighted by Gasteiger charge is 2.39. The van der Waals surface area contributed by atoms with E-state index in [-0.39, 0.29) is 41.1 Å². The van der Waals surface area contributed by atoms with Crippen molar-refractivity contribution in [2.45, 2.75) is 45.0 Å². The molecule has 7 heteroatoms. The van der Waals surface area contributed by atoms with E-state index >= 15 is 0 Å². The number of Topliss-reactive ketones (excluding diaryl/α,β-unsaturated/α-hetero) is 2. The zero-order valence-corrected chi connectivity index (χ0v) is 16.0. The number of carbonyl (C=O) groups is 2. The van der Waals surface area contributed by atoms with Crippen LogP contribution in [0.25, 0.3) is 10.8 Å². The van der Waals surface area contributed by atoms with Gasteiger partial charge < -0.3 is 25.2 Å². The van der Waals surface area contributed by atoms with Gasteiger partial charge in [-0.15, -0.1) is 0 Å². The number of ether oxygens (including phenoxy) is 1. The lowest BCUT2D eigenvalue weighted by molar-refractivity contribution is -0.145. The highest BCUT2D eigenvalue weighted by molar-refractivity contribution is 6.09. The van der Waals surface area contributed by atoms with Gasteiger partial charge in [0, 0.05) is 19.4 Å². The van der Waals surface area contributed by atoms with Crippen LogP contribution in [0.2, 0.25) is 0 Å². The molecule has 0 saturated heterocycles. The van der Waals surface area contributed by atoms with Crippen LogP contribution in [-0.2, 0) is 16.0 Å². The van der Waals surface area contributed by atoms with Crippen LogP contribution in [0.5, 0.6) is 11.5 Å². The zero-order valence-electron chi connectivity index (χ0n) is 16.0. The van der Waals surface area contributed by atoms with E-state index < -0.39 is 30.0 Å². The maximum Gasteiger partial charge on any atom is 0.192 e. The van der Waals surface area contributed by atoms with Gasteiger partial charge in [-0.3, -0.25) is 9.59 Å². The Morgan fingerprint density at radius 1 is 1.18 bits per heavy atom. The van der Waals surface area contributed by atoms with Gasteiger partial charge in [-0.1, -0.05) is 18.2 Å². The molecule has 4 atom stereocenters. The average Bonchev–Trinajstić information content (AvgIpc) is 2.64. The number of benzene rings is 2. The summed E-state index contributed by atoms with van der Waals surface area (Å²) in [4.78, 5) is 25.2. The quantitative estimate of drug-likeness (QED) is 0.614. The van der Waals surface area contributed by atoms with Gasteiger partial charge in [0.25, 0.3) is 0 Å². The van der Waals surface area contributed by atoms with Gasteiger partial charge in [0.2, 0.25) is 0 Å². The molecule has 2 aromatic rings. The first-order valence-electron chi connectivity index (χ1n) is 9.10. The second kappa shape index (κ2) is 7.50. The molecule has 0 unspecified atom stereocenters. The molecule has 0 bridgehead atoms. The van der Waals surface area contributed by atoms with Gasteiger partial charge in [-0.25, -0.2) is 0 Å². The predicted molar refractivity (Wildman–Crippen MR) is 102 cm³/mol. The molecule has 2 aromatic carbocycles. The van der Waals surface area contributed by atoms with Crippen LogP contribution in [0.1, 0.15) is 34.8 Å². The number of aliphatic hydroxyl groups excluding tert-OH is 2. The zero-order chi connectivity index (χ0) is 20.7. The number of aromatic hydroxyl groups is 2. The first-order chi connectivity index (χ1) is 13.2. The summed E-state index contributed by atoms with van der Waals surface area (Å²) in [6.45, 7) is 3.00. The van der Waals surface area contributed by atoms with Crippen LogP contribution in [0, 0.1) is 12.8 Å². The fourth-order valence-electron chi connectivity index (χ4n) is 3.95. The van der Waals surface area contributed by atoms with E-state index in [2.05, 4.69) is 0 Å². The molecule has 150 valence electrons. The van der Waals surface area contributed by atoms with Gasteiger partial charge in [0.15, 0.2) is 11.6 Å². The van der Waals surface area contributed by atoms with Crippen molar-refractivity contribution in [3.05, 3.63) is 34.9 Å². The molecule has 0 saturated carbocycles. The molecule has 1 aliphatic rings. The van der Waals surface area contributed by atoms with E-state index in [1.807, 2.05) is 0 Å². The molecule has 0 heterocycles. The Hall–Kier alpha value is -2.48. The summed E-state index contributed by atoms with van der Waals surface area (Å²) in [5.74, 6) is -1.93. The van der Waals surface area contributed by atoms with Crippen molar-refractivity contribution < 1.29 is 34.8 Å². The highest BCUT2D eigenvalue weighted by Crippen LogP contribution is 2.43. The molecule has 0 amide bonds. The Balaban J connectivity index is 2.04. The lowest BCUT2D eigenvalue weighted by atomic mass is 9.77. The number of fused-ring (bicyclic) bond motifs is 2. The molecular weight excluding hydrogens is 364 g/mol. The van der Waals surface area contributed by atoms with Crippen molar-refractivity contribution in [2.24, 2.45) is 5.92 Å². The third-order valence-corrected chi connectivity index (χ3v) is 5.46. The lowest BCUT2D eigenvalue weighted by Crippen LogP contribution is -2.45. The third-order valence-electron chi connectivity index (χ3n) is 5.46. The van der Waals surface area contributed by atoms with Gasteiger partial charge in [0.05, 0.1) is 17.1 Å². The molecule has 0 aliphatic heterocycles. The summed E-state index contributed by atoms with van der Waals surface area (Å²) in [7, 11) is 1.32. The molecule has 0 fully saturated rings. The number of aryl methyl sites for hydroxylation is 1. The molecule has 7 nitrogen and oxygen atoms in total. The molecule has 1 aliphatic carbocycles. The Morgan fingerprint density at radius 2 is 1.86 bits per heavy atom. The van der Waals surface area contributed by atoms with Gasteiger partial charge >= 0.3 is 0 Å². The Kier molecular flexibility index (Phi) is 5.43. The third kappa shape index (κ3) is 3.26. The van der Waals surface area contributed by atoms with Crippen molar-refractivity contribution in [1.29, 1.82) is 0 Å². The standard InChI is InChI=1S/C21H24O7/c1-9-4-5-11-6-12-7-13(21(28-3)20(27)18(25)10(2)22)8-14(23)15(12)19(26)16(11)17(9)24/h4-6,10,13,18,21-22,24-26H,7-8H2,1-3H3/t10-,13+,18-,21-/m0/s1. The van der Waals surface area contributed by atoms with Crippen LogP contribution >= 0.6 is 0 Å². The van der Waals surface area contributed by atoms with E-state index in [9.17, 15) is 30.0 Å². The fourth-order valence-corrected chi connectivity index (χ4v) is 3.95. The molecule has 0 spiro atoms. The monoisotopic (exact) mass is 388 g/mol. The summed E-state index contributed by atoms with van der Waals surface area (Å²) in [6, 6.07) is 5.18. The number of rotatable bonds is 5. The summed E-state index contributed by atoms with van der Waals surface area (Å²) in [6.07, 6.45) is -3.71. The first kappa shape index (κ1) is 20.3. The normalized spacial score (nSPS) is 19.9. The largest absolute Gasteiger partial charge is 0.507 e. The van der Waals surface area contributed by atoms with Crippen LogP contribution in [0.3, 0.4) is 0 Å². The second-order valence-electron chi connectivity index (χ2n) is 7.42. The summed E-state index contributed by atoms with van der Waals surface area (Å²) in [5, 5.41) is 41.2. The second-order valence-corrected chi connectivity index (χ2v) is 7.42. The molecule has 3 rings (SSSR count).